The van der Waals surface area contributed by atoms with Crippen LogP contribution in [0.25, 0.3) is 0 Å². The zero-order valence-electron chi connectivity index (χ0n) is 13.0. The summed E-state index contributed by atoms with van der Waals surface area (Å²) in [4.78, 5) is 18.5. The summed E-state index contributed by atoms with van der Waals surface area (Å²) in [6.45, 7) is 1.12. The van der Waals surface area contributed by atoms with Gasteiger partial charge in [0.2, 0.25) is 0 Å². The minimum atomic E-state index is -0.0955. The SMILES string of the molecule is O=C(NCc1cccnc1)N1Cc2ccccc2CC1CCO. The number of nitrogens with one attached hydrogen (secondary N) is 1. The van der Waals surface area contributed by atoms with E-state index in [4.69, 9.17) is 0 Å². The molecule has 1 aromatic carbocycles. The lowest BCUT2D eigenvalue weighted by Crippen LogP contribution is -2.49. The van der Waals surface area contributed by atoms with Gasteiger partial charge in [0.1, 0.15) is 0 Å². The van der Waals surface area contributed by atoms with E-state index in [-0.39, 0.29) is 18.7 Å². The lowest BCUT2D eigenvalue weighted by Gasteiger charge is -2.36. The first kappa shape index (κ1) is 15.5. The average molecular weight is 311 g/mol. The van der Waals surface area contributed by atoms with E-state index < -0.39 is 0 Å². The van der Waals surface area contributed by atoms with Crippen LogP contribution in [0.3, 0.4) is 0 Å². The minimum Gasteiger partial charge on any atom is -0.396 e. The van der Waals surface area contributed by atoms with Crippen LogP contribution in [0, 0.1) is 0 Å². The second-order valence-electron chi connectivity index (χ2n) is 5.79. The van der Waals surface area contributed by atoms with Crippen LogP contribution in [0.5, 0.6) is 0 Å². The number of aliphatic hydroxyl groups is 1. The summed E-state index contributed by atoms with van der Waals surface area (Å²) < 4.78 is 0. The van der Waals surface area contributed by atoms with Crippen LogP contribution in [0.15, 0.2) is 48.8 Å². The number of carbonyl (C=O) groups excluding carboxylic acids is 1. The quantitative estimate of drug-likeness (QED) is 0.909. The number of carbonyl (C=O) groups is 1. The topological polar surface area (TPSA) is 65.5 Å². The van der Waals surface area contributed by atoms with Crippen LogP contribution < -0.4 is 5.32 Å². The standard InChI is InChI=1S/C18H21N3O2/c22-9-7-17-10-15-5-1-2-6-16(15)13-21(17)18(23)20-12-14-4-3-8-19-11-14/h1-6,8,11,17,22H,7,9-10,12-13H2,(H,20,23). The number of amides is 2. The highest BCUT2D eigenvalue weighted by Crippen LogP contribution is 2.24. The third-order valence-corrected chi connectivity index (χ3v) is 4.25. The molecule has 1 aliphatic heterocycles. The number of aliphatic hydroxyl groups excluding tert-OH is 1. The van der Waals surface area contributed by atoms with E-state index in [2.05, 4.69) is 22.4 Å². The zero-order valence-corrected chi connectivity index (χ0v) is 13.0. The van der Waals surface area contributed by atoms with Crippen molar-refractivity contribution in [2.75, 3.05) is 6.61 Å². The van der Waals surface area contributed by atoms with Gasteiger partial charge in [-0.15, -0.1) is 0 Å². The number of benzene rings is 1. The van der Waals surface area contributed by atoms with Gasteiger partial charge in [0.05, 0.1) is 0 Å². The van der Waals surface area contributed by atoms with Crippen molar-refractivity contribution in [1.29, 1.82) is 0 Å². The second-order valence-corrected chi connectivity index (χ2v) is 5.79. The van der Waals surface area contributed by atoms with Crippen molar-refractivity contribution in [2.45, 2.75) is 32.0 Å². The van der Waals surface area contributed by atoms with Crippen LogP contribution >= 0.6 is 0 Å². The Kier molecular flexibility index (Phi) is 4.88. The van der Waals surface area contributed by atoms with Crippen molar-refractivity contribution in [3.8, 4) is 0 Å². The molecule has 5 heteroatoms. The lowest BCUT2D eigenvalue weighted by molar-refractivity contribution is 0.144. The molecular formula is C18H21N3O2. The Balaban J connectivity index is 1.70. The summed E-state index contributed by atoms with van der Waals surface area (Å²) >= 11 is 0. The van der Waals surface area contributed by atoms with Gasteiger partial charge in [0.25, 0.3) is 0 Å². The number of hydrogen-bond acceptors (Lipinski definition) is 3. The Hall–Kier alpha value is -2.40. The van der Waals surface area contributed by atoms with Gasteiger partial charge in [-0.25, -0.2) is 4.79 Å². The first-order valence-corrected chi connectivity index (χ1v) is 7.89. The second kappa shape index (κ2) is 7.24. The van der Waals surface area contributed by atoms with Crippen LogP contribution in [0.2, 0.25) is 0 Å². The largest absolute Gasteiger partial charge is 0.396 e. The number of rotatable bonds is 4. The molecule has 0 spiro atoms. The van der Waals surface area contributed by atoms with Crippen molar-refractivity contribution >= 4 is 6.03 Å². The molecule has 0 aliphatic carbocycles. The molecular weight excluding hydrogens is 290 g/mol. The van der Waals surface area contributed by atoms with Gasteiger partial charge in [0.15, 0.2) is 0 Å². The number of urea groups is 1. The fourth-order valence-corrected chi connectivity index (χ4v) is 3.01. The Morgan fingerprint density at radius 1 is 1.26 bits per heavy atom. The van der Waals surface area contributed by atoms with Crippen LogP contribution in [-0.2, 0) is 19.5 Å². The Morgan fingerprint density at radius 3 is 2.83 bits per heavy atom. The van der Waals surface area contributed by atoms with Crippen LogP contribution in [0.1, 0.15) is 23.1 Å². The van der Waals surface area contributed by atoms with Crippen molar-refractivity contribution < 1.29 is 9.90 Å². The molecule has 1 atom stereocenters. The molecule has 3 rings (SSSR count). The highest BCUT2D eigenvalue weighted by atomic mass is 16.3. The highest BCUT2D eigenvalue weighted by Gasteiger charge is 2.29. The summed E-state index contributed by atoms with van der Waals surface area (Å²) in [5.41, 5.74) is 3.41. The van der Waals surface area contributed by atoms with Gasteiger partial charge in [-0.1, -0.05) is 30.3 Å². The molecule has 0 radical (unpaired) electrons. The lowest BCUT2D eigenvalue weighted by atomic mass is 9.93. The van der Waals surface area contributed by atoms with Gasteiger partial charge in [-0.05, 0) is 35.6 Å². The van der Waals surface area contributed by atoms with Crippen LogP contribution in [-0.4, -0.2) is 33.7 Å². The number of nitrogens with zero attached hydrogens (tertiary/aromatic N) is 2. The smallest absolute Gasteiger partial charge is 0.318 e. The summed E-state index contributed by atoms with van der Waals surface area (Å²) in [6.07, 6.45) is 4.84. The Morgan fingerprint density at radius 2 is 2.09 bits per heavy atom. The van der Waals surface area contributed by atoms with Gasteiger partial charge in [-0.3, -0.25) is 4.98 Å². The normalized spacial score (nSPS) is 16.7. The molecule has 0 saturated heterocycles. The summed E-state index contributed by atoms with van der Waals surface area (Å²) in [7, 11) is 0. The third kappa shape index (κ3) is 3.68. The summed E-state index contributed by atoms with van der Waals surface area (Å²) in [5.74, 6) is 0. The van der Waals surface area contributed by atoms with Gasteiger partial charge >= 0.3 is 6.03 Å². The van der Waals surface area contributed by atoms with Crippen molar-refractivity contribution in [2.24, 2.45) is 0 Å². The molecule has 1 aliphatic rings. The summed E-state index contributed by atoms with van der Waals surface area (Å²) in [5, 5.41) is 12.3. The molecule has 2 heterocycles. The molecule has 2 aromatic rings. The van der Waals surface area contributed by atoms with E-state index in [0.717, 1.165) is 12.0 Å². The van der Waals surface area contributed by atoms with Gasteiger partial charge in [0, 0.05) is 38.1 Å². The van der Waals surface area contributed by atoms with E-state index in [0.29, 0.717) is 19.5 Å². The Labute approximate surface area is 136 Å². The fraction of sp³-hybridized carbons (Fsp3) is 0.333. The molecule has 0 fully saturated rings. The number of hydrogen-bond donors (Lipinski definition) is 2. The van der Waals surface area contributed by atoms with Gasteiger partial charge < -0.3 is 15.3 Å². The predicted octanol–water partition coefficient (Wildman–Crippen LogP) is 2.10. The molecule has 5 nitrogen and oxygen atoms in total. The molecule has 2 N–H and O–H groups in total. The van der Waals surface area contributed by atoms with Crippen molar-refractivity contribution in [3.63, 3.8) is 0 Å². The molecule has 120 valence electrons. The van der Waals surface area contributed by atoms with E-state index >= 15 is 0 Å². The average Bonchev–Trinajstić information content (AvgIpc) is 2.60. The zero-order chi connectivity index (χ0) is 16.1. The van der Waals surface area contributed by atoms with Crippen molar-refractivity contribution in [1.82, 2.24) is 15.2 Å². The predicted molar refractivity (Wildman–Crippen MR) is 87.7 cm³/mol. The maximum absolute atomic E-state index is 12.6. The minimum absolute atomic E-state index is 0.0313. The van der Waals surface area contributed by atoms with Crippen LogP contribution in [0.4, 0.5) is 4.79 Å². The van der Waals surface area contributed by atoms with E-state index in [1.807, 2.05) is 29.2 Å². The molecule has 1 unspecified atom stereocenters. The van der Waals surface area contributed by atoms with E-state index in [1.54, 1.807) is 12.4 Å². The first-order valence-electron chi connectivity index (χ1n) is 7.89. The molecule has 23 heavy (non-hydrogen) atoms. The molecule has 1 aromatic heterocycles. The number of aromatic nitrogens is 1. The van der Waals surface area contributed by atoms with Gasteiger partial charge in [-0.2, -0.15) is 0 Å². The summed E-state index contributed by atoms with van der Waals surface area (Å²) in [6, 6.07) is 11.9. The van der Waals surface area contributed by atoms with Crippen molar-refractivity contribution in [3.05, 3.63) is 65.5 Å². The maximum atomic E-state index is 12.6. The first-order chi connectivity index (χ1) is 11.3. The molecule has 0 saturated carbocycles. The number of fused-ring (bicyclic) bond motifs is 1. The monoisotopic (exact) mass is 311 g/mol. The number of pyridine rings is 1. The molecule has 2 amide bonds. The maximum Gasteiger partial charge on any atom is 0.318 e. The molecule has 0 bridgehead atoms. The van der Waals surface area contributed by atoms with E-state index in [1.165, 1.54) is 11.1 Å². The van der Waals surface area contributed by atoms with E-state index in [9.17, 15) is 9.90 Å². The fourth-order valence-electron chi connectivity index (χ4n) is 3.01. The highest BCUT2D eigenvalue weighted by molar-refractivity contribution is 5.75. The third-order valence-electron chi connectivity index (χ3n) is 4.25. The Bertz CT molecular complexity index is 660.